The van der Waals surface area contributed by atoms with Crippen molar-refractivity contribution in [3.8, 4) is 0 Å². The number of hydrogen-bond donors (Lipinski definition) is 0. The summed E-state index contributed by atoms with van der Waals surface area (Å²) >= 11 is 0. The number of oxazole rings is 1. The maximum Gasteiger partial charge on any atom is 0.275 e. The number of likely N-dealkylation sites (tertiary alicyclic amines) is 1. The maximum absolute atomic E-state index is 13.2. The molecule has 6 heteroatoms. The summed E-state index contributed by atoms with van der Waals surface area (Å²) in [6, 6.07) is 0. The fourth-order valence-corrected chi connectivity index (χ4v) is 2.68. The Morgan fingerprint density at radius 2 is 2.06 bits per heavy atom. The molecule has 1 aliphatic heterocycles. The smallest absolute Gasteiger partial charge is 0.275 e. The number of carbonyl (C=O) groups is 1. The van der Waals surface area contributed by atoms with Crippen molar-refractivity contribution < 1.29 is 18.0 Å². The molecule has 0 N–H and O–H groups in total. The molecule has 1 aromatic rings. The number of aryl methyl sites for hydroxylation is 1. The molecule has 1 aromatic heterocycles. The molecule has 2 aliphatic rings. The lowest BCUT2D eigenvalue weighted by Gasteiger charge is -2.31. The highest BCUT2D eigenvalue weighted by molar-refractivity contribution is 5.92. The molecule has 0 radical (unpaired) electrons. The Labute approximate surface area is 103 Å². The number of aromatic nitrogens is 1. The SMILES string of the molecule is Cc1nc(C(=O)N2CCC3(CC2)CC3(F)F)co1. The van der Waals surface area contributed by atoms with Gasteiger partial charge in [-0.25, -0.2) is 13.8 Å². The molecule has 1 saturated heterocycles. The number of nitrogens with zero attached hydrogens (tertiary/aromatic N) is 2. The lowest BCUT2D eigenvalue weighted by atomic mass is 9.93. The second-order valence-electron chi connectivity index (χ2n) is 5.21. The van der Waals surface area contributed by atoms with Crippen LogP contribution in [0, 0.1) is 12.3 Å². The average molecular weight is 256 g/mol. The quantitative estimate of drug-likeness (QED) is 0.774. The third-order valence-electron chi connectivity index (χ3n) is 4.06. The van der Waals surface area contributed by atoms with E-state index in [0.29, 0.717) is 31.8 Å². The normalized spacial score (nSPS) is 24.3. The molecule has 0 atom stereocenters. The van der Waals surface area contributed by atoms with Crippen LogP contribution >= 0.6 is 0 Å². The van der Waals surface area contributed by atoms with Gasteiger partial charge in [0.05, 0.1) is 0 Å². The van der Waals surface area contributed by atoms with Gasteiger partial charge in [0.2, 0.25) is 0 Å². The summed E-state index contributed by atoms with van der Waals surface area (Å²) < 4.78 is 31.4. The second kappa shape index (κ2) is 3.52. The van der Waals surface area contributed by atoms with Crippen molar-refractivity contribution in [3.63, 3.8) is 0 Å². The summed E-state index contributed by atoms with van der Waals surface area (Å²) in [4.78, 5) is 17.6. The van der Waals surface area contributed by atoms with E-state index in [0.717, 1.165) is 0 Å². The van der Waals surface area contributed by atoms with Gasteiger partial charge in [-0.3, -0.25) is 4.79 Å². The Kier molecular flexibility index (Phi) is 2.27. The minimum atomic E-state index is -2.52. The lowest BCUT2D eigenvalue weighted by molar-refractivity contribution is 0.0282. The summed E-state index contributed by atoms with van der Waals surface area (Å²) in [5, 5.41) is 0. The molecule has 1 spiro atoms. The summed E-state index contributed by atoms with van der Waals surface area (Å²) in [6.45, 7) is 2.41. The van der Waals surface area contributed by atoms with Crippen LogP contribution < -0.4 is 0 Å². The van der Waals surface area contributed by atoms with Gasteiger partial charge in [-0.15, -0.1) is 0 Å². The molecule has 3 rings (SSSR count). The summed E-state index contributed by atoms with van der Waals surface area (Å²) in [5.41, 5.74) is -0.574. The van der Waals surface area contributed by atoms with Crippen molar-refractivity contribution in [2.75, 3.05) is 13.1 Å². The highest BCUT2D eigenvalue weighted by Gasteiger charge is 2.70. The Bertz CT molecular complexity index is 490. The highest BCUT2D eigenvalue weighted by Crippen LogP contribution is 2.65. The van der Waals surface area contributed by atoms with Gasteiger partial charge in [0.25, 0.3) is 11.8 Å². The first-order valence-electron chi connectivity index (χ1n) is 6.03. The standard InChI is InChI=1S/C12H14F2N2O2/c1-8-15-9(6-18-8)10(17)16-4-2-11(3-5-16)7-12(11,13)14/h6H,2-5,7H2,1H3. The Hall–Kier alpha value is -1.46. The highest BCUT2D eigenvalue weighted by atomic mass is 19.3. The van der Waals surface area contributed by atoms with Crippen LogP contribution in [-0.4, -0.2) is 34.8 Å². The van der Waals surface area contributed by atoms with Crippen molar-refractivity contribution in [1.29, 1.82) is 0 Å². The zero-order valence-electron chi connectivity index (χ0n) is 10.1. The number of rotatable bonds is 1. The number of piperidine rings is 1. The van der Waals surface area contributed by atoms with E-state index in [1.807, 2.05) is 0 Å². The van der Waals surface area contributed by atoms with E-state index in [4.69, 9.17) is 4.42 Å². The molecule has 4 nitrogen and oxygen atoms in total. The number of halogens is 2. The predicted molar refractivity (Wildman–Crippen MR) is 58.4 cm³/mol. The maximum atomic E-state index is 13.2. The minimum absolute atomic E-state index is 0.0227. The van der Waals surface area contributed by atoms with E-state index in [9.17, 15) is 13.6 Å². The van der Waals surface area contributed by atoms with Gasteiger partial charge in [-0.2, -0.15) is 0 Å². The minimum Gasteiger partial charge on any atom is -0.448 e. The zero-order valence-corrected chi connectivity index (χ0v) is 10.1. The summed E-state index contributed by atoms with van der Waals surface area (Å²) in [6.07, 6.45) is 2.05. The molecular formula is C12H14F2N2O2. The van der Waals surface area contributed by atoms with Gasteiger partial charge < -0.3 is 9.32 Å². The Morgan fingerprint density at radius 3 is 2.50 bits per heavy atom. The van der Waals surface area contributed by atoms with Crippen molar-refractivity contribution in [3.05, 3.63) is 17.8 Å². The van der Waals surface area contributed by atoms with E-state index >= 15 is 0 Å². The topological polar surface area (TPSA) is 46.3 Å². The second-order valence-corrected chi connectivity index (χ2v) is 5.21. The van der Waals surface area contributed by atoms with Gasteiger partial charge in [0.15, 0.2) is 11.6 Å². The first-order valence-corrected chi connectivity index (χ1v) is 6.03. The van der Waals surface area contributed by atoms with E-state index in [1.54, 1.807) is 11.8 Å². The number of amides is 1. The largest absolute Gasteiger partial charge is 0.448 e. The van der Waals surface area contributed by atoms with E-state index < -0.39 is 11.3 Å². The van der Waals surface area contributed by atoms with Gasteiger partial charge >= 0.3 is 0 Å². The molecule has 2 heterocycles. The van der Waals surface area contributed by atoms with E-state index in [2.05, 4.69) is 4.98 Å². The first kappa shape index (κ1) is 11.6. The van der Waals surface area contributed by atoms with Crippen LogP contribution in [0.5, 0.6) is 0 Å². The van der Waals surface area contributed by atoms with E-state index in [1.165, 1.54) is 6.26 Å². The third-order valence-corrected chi connectivity index (χ3v) is 4.06. The van der Waals surface area contributed by atoms with Gasteiger partial charge in [0.1, 0.15) is 6.26 Å². The molecular weight excluding hydrogens is 242 g/mol. The van der Waals surface area contributed by atoms with Gasteiger partial charge in [-0.1, -0.05) is 0 Å². The molecule has 18 heavy (non-hydrogen) atoms. The third kappa shape index (κ3) is 1.62. The first-order chi connectivity index (χ1) is 8.44. The predicted octanol–water partition coefficient (Wildman–Crippen LogP) is 2.24. The van der Waals surface area contributed by atoms with Crippen LogP contribution in [0.1, 0.15) is 35.6 Å². The lowest BCUT2D eigenvalue weighted by Crippen LogP contribution is -2.40. The van der Waals surface area contributed by atoms with Gasteiger partial charge in [0, 0.05) is 31.8 Å². The number of alkyl halides is 2. The summed E-state index contributed by atoms with van der Waals surface area (Å²) in [5.74, 6) is -2.32. The average Bonchev–Trinajstić information content (AvgIpc) is 2.69. The molecule has 1 aliphatic carbocycles. The Balaban J connectivity index is 1.65. The van der Waals surface area contributed by atoms with E-state index in [-0.39, 0.29) is 18.0 Å². The fraction of sp³-hybridized carbons (Fsp3) is 0.667. The molecule has 1 amide bonds. The molecule has 0 unspecified atom stereocenters. The van der Waals surface area contributed by atoms with Crippen LogP contribution in [0.25, 0.3) is 0 Å². The molecule has 1 saturated carbocycles. The number of carbonyl (C=O) groups excluding carboxylic acids is 1. The van der Waals surface area contributed by atoms with Crippen molar-refractivity contribution in [2.24, 2.45) is 5.41 Å². The molecule has 0 aromatic carbocycles. The van der Waals surface area contributed by atoms with Crippen molar-refractivity contribution >= 4 is 5.91 Å². The Morgan fingerprint density at radius 1 is 1.44 bits per heavy atom. The van der Waals surface area contributed by atoms with Crippen LogP contribution in [0.15, 0.2) is 10.7 Å². The van der Waals surface area contributed by atoms with Crippen LogP contribution in [0.2, 0.25) is 0 Å². The monoisotopic (exact) mass is 256 g/mol. The van der Waals surface area contributed by atoms with Crippen LogP contribution in [-0.2, 0) is 0 Å². The van der Waals surface area contributed by atoms with Gasteiger partial charge in [-0.05, 0) is 12.8 Å². The zero-order chi connectivity index (χ0) is 13.0. The van der Waals surface area contributed by atoms with Crippen LogP contribution in [0.3, 0.4) is 0 Å². The fourth-order valence-electron chi connectivity index (χ4n) is 2.68. The number of hydrogen-bond acceptors (Lipinski definition) is 3. The van der Waals surface area contributed by atoms with Crippen molar-refractivity contribution in [2.45, 2.75) is 32.1 Å². The van der Waals surface area contributed by atoms with Crippen LogP contribution in [0.4, 0.5) is 8.78 Å². The molecule has 0 bridgehead atoms. The molecule has 2 fully saturated rings. The van der Waals surface area contributed by atoms with Crippen molar-refractivity contribution in [1.82, 2.24) is 9.88 Å². The molecule has 98 valence electrons. The summed E-state index contributed by atoms with van der Waals surface area (Å²) in [7, 11) is 0.